The van der Waals surface area contributed by atoms with Crippen molar-refractivity contribution in [3.05, 3.63) is 83.9 Å². The predicted molar refractivity (Wildman–Crippen MR) is 93.5 cm³/mol. The van der Waals surface area contributed by atoms with Crippen LogP contribution >= 0.6 is 0 Å². The highest BCUT2D eigenvalue weighted by Crippen LogP contribution is 2.33. The minimum Gasteiger partial charge on any atom is -0.324 e. The molecule has 4 N–H and O–H groups in total. The normalized spacial score (nSPS) is 15.4. The molecule has 3 aromatic rings. The molecule has 0 bridgehead atoms. The van der Waals surface area contributed by atoms with Crippen LogP contribution in [0.25, 0.3) is 10.8 Å². The van der Waals surface area contributed by atoms with Crippen LogP contribution in [0.4, 0.5) is 0 Å². The molecule has 3 rings (SSSR count). The van der Waals surface area contributed by atoms with Crippen molar-refractivity contribution in [3.8, 4) is 0 Å². The van der Waals surface area contributed by atoms with Crippen molar-refractivity contribution in [2.45, 2.75) is 24.9 Å². The number of rotatable bonds is 4. The summed E-state index contributed by atoms with van der Waals surface area (Å²) in [5.41, 5.74) is 14.8. The summed E-state index contributed by atoms with van der Waals surface area (Å²) < 4.78 is 0. The standard InChI is InChI=1S/C20H22N2/c1-20(22,14-19(21)16-9-3-2-4-10-16)18-13-7-11-15-8-5-6-12-17(15)18/h2-13,19H,14,21-22H2,1H3. The average Bonchev–Trinajstić information content (AvgIpc) is 2.54. The highest BCUT2D eigenvalue weighted by Gasteiger charge is 2.26. The first-order valence-corrected chi connectivity index (χ1v) is 7.65. The quantitative estimate of drug-likeness (QED) is 0.760. The van der Waals surface area contributed by atoms with Gasteiger partial charge in [-0.25, -0.2) is 0 Å². The van der Waals surface area contributed by atoms with Crippen LogP contribution < -0.4 is 11.5 Å². The van der Waals surface area contributed by atoms with E-state index in [0.29, 0.717) is 6.42 Å². The summed E-state index contributed by atoms with van der Waals surface area (Å²) in [4.78, 5) is 0. The summed E-state index contributed by atoms with van der Waals surface area (Å²) in [5, 5.41) is 2.42. The van der Waals surface area contributed by atoms with Gasteiger partial charge in [0, 0.05) is 11.6 Å². The van der Waals surface area contributed by atoms with Gasteiger partial charge >= 0.3 is 0 Å². The Morgan fingerprint density at radius 1 is 0.864 bits per heavy atom. The first kappa shape index (κ1) is 14.8. The molecule has 0 aliphatic rings. The average molecular weight is 290 g/mol. The Bertz CT molecular complexity index is 758. The molecule has 0 aliphatic heterocycles. The van der Waals surface area contributed by atoms with Crippen LogP contribution in [-0.4, -0.2) is 0 Å². The van der Waals surface area contributed by atoms with Gasteiger partial charge in [-0.05, 0) is 35.2 Å². The molecule has 0 saturated heterocycles. The molecular weight excluding hydrogens is 268 g/mol. The number of hydrogen-bond donors (Lipinski definition) is 2. The Balaban J connectivity index is 1.95. The lowest BCUT2D eigenvalue weighted by molar-refractivity contribution is 0.411. The summed E-state index contributed by atoms with van der Waals surface area (Å²) in [7, 11) is 0. The Kier molecular flexibility index (Phi) is 3.97. The summed E-state index contributed by atoms with van der Waals surface area (Å²) in [6.45, 7) is 2.07. The summed E-state index contributed by atoms with van der Waals surface area (Å²) in [6.07, 6.45) is 0.699. The lowest BCUT2D eigenvalue weighted by atomic mass is 9.82. The van der Waals surface area contributed by atoms with Gasteiger partial charge in [0.15, 0.2) is 0 Å². The van der Waals surface area contributed by atoms with Gasteiger partial charge < -0.3 is 11.5 Å². The maximum Gasteiger partial charge on any atom is 0.0405 e. The van der Waals surface area contributed by atoms with Crippen LogP contribution in [0.15, 0.2) is 72.8 Å². The predicted octanol–water partition coefficient (Wildman–Crippen LogP) is 4.10. The lowest BCUT2D eigenvalue weighted by Crippen LogP contribution is -2.36. The zero-order valence-electron chi connectivity index (χ0n) is 12.9. The Morgan fingerprint density at radius 3 is 2.27 bits per heavy atom. The number of nitrogens with two attached hydrogens (primary N) is 2. The fraction of sp³-hybridized carbons (Fsp3) is 0.200. The van der Waals surface area contributed by atoms with Crippen molar-refractivity contribution >= 4 is 10.8 Å². The van der Waals surface area contributed by atoms with Gasteiger partial charge in [0.25, 0.3) is 0 Å². The fourth-order valence-electron chi connectivity index (χ4n) is 3.11. The summed E-state index contributed by atoms with van der Waals surface area (Å²) in [6, 6.07) is 24.7. The Labute approximate surface area is 131 Å². The van der Waals surface area contributed by atoms with Crippen LogP contribution in [0.3, 0.4) is 0 Å². The molecule has 22 heavy (non-hydrogen) atoms. The van der Waals surface area contributed by atoms with E-state index in [4.69, 9.17) is 11.5 Å². The summed E-state index contributed by atoms with van der Waals surface area (Å²) in [5.74, 6) is 0. The van der Waals surface area contributed by atoms with Gasteiger partial charge in [0.05, 0.1) is 0 Å². The van der Waals surface area contributed by atoms with Gasteiger partial charge in [0.2, 0.25) is 0 Å². The zero-order valence-corrected chi connectivity index (χ0v) is 12.9. The molecule has 0 fully saturated rings. The molecule has 0 spiro atoms. The first-order chi connectivity index (χ1) is 10.6. The van der Waals surface area contributed by atoms with E-state index in [0.717, 1.165) is 11.1 Å². The molecule has 3 aromatic carbocycles. The van der Waals surface area contributed by atoms with Gasteiger partial charge in [-0.15, -0.1) is 0 Å². The topological polar surface area (TPSA) is 52.0 Å². The third-order valence-corrected chi connectivity index (χ3v) is 4.28. The molecule has 2 nitrogen and oxygen atoms in total. The van der Waals surface area contributed by atoms with E-state index in [1.54, 1.807) is 0 Å². The molecule has 2 atom stereocenters. The van der Waals surface area contributed by atoms with E-state index in [1.165, 1.54) is 10.8 Å². The third-order valence-electron chi connectivity index (χ3n) is 4.28. The zero-order chi connectivity index (χ0) is 15.6. The van der Waals surface area contributed by atoms with Crippen LogP contribution in [-0.2, 0) is 5.54 Å². The molecule has 0 amide bonds. The molecule has 0 aromatic heterocycles. The van der Waals surface area contributed by atoms with Gasteiger partial charge in [-0.1, -0.05) is 72.8 Å². The first-order valence-electron chi connectivity index (χ1n) is 7.65. The van der Waals surface area contributed by atoms with Crippen molar-refractivity contribution < 1.29 is 0 Å². The van der Waals surface area contributed by atoms with Crippen molar-refractivity contribution in [2.75, 3.05) is 0 Å². The van der Waals surface area contributed by atoms with Crippen molar-refractivity contribution in [1.82, 2.24) is 0 Å². The highest BCUT2D eigenvalue weighted by atomic mass is 14.8. The smallest absolute Gasteiger partial charge is 0.0405 e. The number of benzene rings is 3. The summed E-state index contributed by atoms with van der Waals surface area (Å²) >= 11 is 0. The third kappa shape index (κ3) is 2.89. The Morgan fingerprint density at radius 2 is 1.50 bits per heavy atom. The fourth-order valence-corrected chi connectivity index (χ4v) is 3.11. The van der Waals surface area contributed by atoms with E-state index < -0.39 is 5.54 Å². The molecule has 2 heteroatoms. The van der Waals surface area contributed by atoms with Gasteiger partial charge in [0.1, 0.15) is 0 Å². The second-order valence-electron chi connectivity index (χ2n) is 6.17. The van der Waals surface area contributed by atoms with E-state index in [2.05, 4.69) is 61.5 Å². The second kappa shape index (κ2) is 5.91. The van der Waals surface area contributed by atoms with E-state index >= 15 is 0 Å². The van der Waals surface area contributed by atoms with Crippen LogP contribution in [0.2, 0.25) is 0 Å². The molecule has 112 valence electrons. The van der Waals surface area contributed by atoms with Gasteiger partial charge in [-0.3, -0.25) is 0 Å². The van der Waals surface area contributed by atoms with E-state index in [1.807, 2.05) is 18.2 Å². The maximum absolute atomic E-state index is 6.66. The monoisotopic (exact) mass is 290 g/mol. The molecular formula is C20H22N2. The maximum atomic E-state index is 6.66. The molecule has 0 aliphatic carbocycles. The SMILES string of the molecule is CC(N)(CC(N)c1ccccc1)c1cccc2ccccc12. The van der Waals surface area contributed by atoms with Crippen LogP contribution in [0.1, 0.15) is 30.5 Å². The number of hydrogen-bond acceptors (Lipinski definition) is 2. The van der Waals surface area contributed by atoms with Crippen LogP contribution in [0.5, 0.6) is 0 Å². The van der Waals surface area contributed by atoms with Gasteiger partial charge in [-0.2, -0.15) is 0 Å². The van der Waals surface area contributed by atoms with Crippen LogP contribution in [0, 0.1) is 0 Å². The van der Waals surface area contributed by atoms with E-state index in [-0.39, 0.29) is 6.04 Å². The molecule has 0 saturated carbocycles. The second-order valence-corrected chi connectivity index (χ2v) is 6.17. The largest absolute Gasteiger partial charge is 0.324 e. The lowest BCUT2D eigenvalue weighted by Gasteiger charge is -2.30. The number of fused-ring (bicyclic) bond motifs is 1. The van der Waals surface area contributed by atoms with E-state index in [9.17, 15) is 0 Å². The van der Waals surface area contributed by atoms with Crippen molar-refractivity contribution in [3.63, 3.8) is 0 Å². The van der Waals surface area contributed by atoms with Crippen molar-refractivity contribution in [1.29, 1.82) is 0 Å². The molecule has 0 heterocycles. The minimum absolute atomic E-state index is 0.0739. The molecule has 0 radical (unpaired) electrons. The molecule has 2 unspecified atom stereocenters. The van der Waals surface area contributed by atoms with Crippen molar-refractivity contribution in [2.24, 2.45) is 11.5 Å². The minimum atomic E-state index is -0.476. The Hall–Kier alpha value is -2.16. The highest BCUT2D eigenvalue weighted by molar-refractivity contribution is 5.86.